The molecule has 0 amide bonds. The summed E-state index contributed by atoms with van der Waals surface area (Å²) in [7, 11) is 1.66. The number of aryl methyl sites for hydroxylation is 2. The molecule has 0 bridgehead atoms. The van der Waals surface area contributed by atoms with Gasteiger partial charge in [0.05, 0.1) is 18.5 Å². The predicted octanol–water partition coefficient (Wildman–Crippen LogP) is 3.42. The van der Waals surface area contributed by atoms with E-state index in [4.69, 9.17) is 10.5 Å². The molecule has 0 fully saturated rings. The molecule has 1 aromatic carbocycles. The number of hydrogen-bond acceptors (Lipinski definition) is 4. The molecule has 0 saturated carbocycles. The minimum atomic E-state index is 0.243. The van der Waals surface area contributed by atoms with Gasteiger partial charge in [-0.1, -0.05) is 0 Å². The maximum Gasteiger partial charge on any atom is 0.152 e. The van der Waals surface area contributed by atoms with Crippen molar-refractivity contribution in [3.8, 4) is 5.75 Å². The minimum absolute atomic E-state index is 0.243. The van der Waals surface area contributed by atoms with Gasteiger partial charge in [-0.05, 0) is 51.5 Å². The zero-order chi connectivity index (χ0) is 14.9. The van der Waals surface area contributed by atoms with Gasteiger partial charge in [-0.3, -0.25) is 0 Å². The van der Waals surface area contributed by atoms with E-state index in [-0.39, 0.29) is 6.04 Å². The highest BCUT2D eigenvalue weighted by Gasteiger charge is 2.15. The van der Waals surface area contributed by atoms with Gasteiger partial charge >= 0.3 is 0 Å². The number of anilines is 3. The van der Waals surface area contributed by atoms with Crippen LogP contribution in [0.5, 0.6) is 5.75 Å². The topological polar surface area (TPSA) is 65.1 Å². The van der Waals surface area contributed by atoms with E-state index >= 15 is 0 Å². The Bertz CT molecular complexity index is 617. The third kappa shape index (κ3) is 2.57. The lowest BCUT2D eigenvalue weighted by atomic mass is 10.2. The number of aromatic nitrogens is 2. The Morgan fingerprint density at radius 1 is 1.30 bits per heavy atom. The van der Waals surface area contributed by atoms with Gasteiger partial charge in [0, 0.05) is 11.7 Å². The van der Waals surface area contributed by atoms with Gasteiger partial charge in [-0.2, -0.15) is 5.10 Å². The Morgan fingerprint density at radius 3 is 2.55 bits per heavy atom. The van der Waals surface area contributed by atoms with E-state index in [0.29, 0.717) is 5.69 Å². The van der Waals surface area contributed by atoms with E-state index in [0.717, 1.165) is 28.5 Å². The highest BCUT2D eigenvalue weighted by Crippen LogP contribution is 2.31. The maximum absolute atomic E-state index is 6.12. The van der Waals surface area contributed by atoms with Gasteiger partial charge < -0.3 is 15.8 Å². The average molecular weight is 274 g/mol. The second kappa shape index (κ2) is 5.45. The molecular weight excluding hydrogens is 252 g/mol. The zero-order valence-electron chi connectivity index (χ0n) is 12.7. The van der Waals surface area contributed by atoms with E-state index in [9.17, 15) is 0 Å². The van der Waals surface area contributed by atoms with Gasteiger partial charge in [-0.15, -0.1) is 0 Å². The van der Waals surface area contributed by atoms with E-state index < -0.39 is 0 Å². The summed E-state index contributed by atoms with van der Waals surface area (Å²) in [4.78, 5) is 0. The standard InChI is InChI=1S/C15H22N4O/c1-9(2)19-15(14(16)11(4)18-19)17-13-7-6-12(20-5)8-10(13)3/h6-9,17H,16H2,1-5H3. The van der Waals surface area contributed by atoms with Crippen molar-refractivity contribution in [1.82, 2.24) is 9.78 Å². The summed E-state index contributed by atoms with van der Waals surface area (Å²) in [5.74, 6) is 1.68. The molecule has 1 aromatic heterocycles. The Kier molecular flexibility index (Phi) is 3.88. The summed E-state index contributed by atoms with van der Waals surface area (Å²) in [6.45, 7) is 8.11. The fourth-order valence-electron chi connectivity index (χ4n) is 2.09. The zero-order valence-corrected chi connectivity index (χ0v) is 12.7. The van der Waals surface area contributed by atoms with Crippen molar-refractivity contribution in [3.05, 3.63) is 29.5 Å². The molecule has 1 heterocycles. The molecule has 108 valence electrons. The number of nitrogens with two attached hydrogens (primary N) is 1. The normalized spacial score (nSPS) is 10.9. The molecule has 0 aliphatic carbocycles. The van der Waals surface area contributed by atoms with Crippen molar-refractivity contribution in [2.24, 2.45) is 0 Å². The van der Waals surface area contributed by atoms with Crippen molar-refractivity contribution in [3.63, 3.8) is 0 Å². The van der Waals surface area contributed by atoms with Crippen LogP contribution in [0.2, 0.25) is 0 Å². The van der Waals surface area contributed by atoms with Crippen molar-refractivity contribution < 1.29 is 4.74 Å². The van der Waals surface area contributed by atoms with Gasteiger partial charge in [0.25, 0.3) is 0 Å². The van der Waals surface area contributed by atoms with Crippen LogP contribution in [0.3, 0.4) is 0 Å². The van der Waals surface area contributed by atoms with E-state index in [2.05, 4.69) is 24.3 Å². The lowest BCUT2D eigenvalue weighted by Crippen LogP contribution is -2.08. The second-order valence-corrected chi connectivity index (χ2v) is 5.19. The van der Waals surface area contributed by atoms with Crippen LogP contribution in [0.15, 0.2) is 18.2 Å². The molecule has 2 aromatic rings. The SMILES string of the molecule is COc1ccc(Nc2c(N)c(C)nn2C(C)C)c(C)c1. The molecule has 5 nitrogen and oxygen atoms in total. The van der Waals surface area contributed by atoms with Crippen LogP contribution in [0.4, 0.5) is 17.2 Å². The highest BCUT2D eigenvalue weighted by atomic mass is 16.5. The number of hydrogen-bond donors (Lipinski definition) is 2. The third-order valence-electron chi connectivity index (χ3n) is 3.31. The number of rotatable bonds is 4. The molecule has 2 rings (SSSR count). The Balaban J connectivity index is 2.39. The number of ether oxygens (including phenoxy) is 1. The molecule has 3 N–H and O–H groups in total. The molecule has 0 aliphatic heterocycles. The number of nitrogen functional groups attached to an aromatic ring is 1. The number of benzene rings is 1. The van der Waals surface area contributed by atoms with Crippen LogP contribution < -0.4 is 15.8 Å². The van der Waals surface area contributed by atoms with Gasteiger partial charge in [-0.25, -0.2) is 4.68 Å². The molecule has 5 heteroatoms. The number of nitrogens with zero attached hydrogens (tertiary/aromatic N) is 2. The quantitative estimate of drug-likeness (QED) is 0.896. The number of methoxy groups -OCH3 is 1. The van der Waals surface area contributed by atoms with Crippen LogP contribution in [0.1, 0.15) is 31.1 Å². The first-order valence-electron chi connectivity index (χ1n) is 6.70. The van der Waals surface area contributed by atoms with Crippen molar-refractivity contribution >= 4 is 17.2 Å². The fourth-order valence-corrected chi connectivity index (χ4v) is 2.09. The molecule has 0 atom stereocenters. The summed E-state index contributed by atoms with van der Waals surface area (Å²) < 4.78 is 7.13. The molecule has 0 spiro atoms. The maximum atomic E-state index is 6.12. The Morgan fingerprint density at radius 2 is 2.00 bits per heavy atom. The van der Waals surface area contributed by atoms with Crippen LogP contribution in [0.25, 0.3) is 0 Å². The third-order valence-corrected chi connectivity index (χ3v) is 3.31. The summed E-state index contributed by atoms with van der Waals surface area (Å²) >= 11 is 0. The van der Waals surface area contributed by atoms with Gasteiger partial charge in [0.2, 0.25) is 0 Å². The second-order valence-electron chi connectivity index (χ2n) is 5.19. The molecule has 0 radical (unpaired) electrons. The Labute approximate surface area is 119 Å². The van der Waals surface area contributed by atoms with E-state index in [1.807, 2.05) is 36.7 Å². The first kappa shape index (κ1) is 14.2. The molecular formula is C15H22N4O. The van der Waals surface area contributed by atoms with Crippen LogP contribution in [-0.4, -0.2) is 16.9 Å². The van der Waals surface area contributed by atoms with Crippen molar-refractivity contribution in [2.75, 3.05) is 18.2 Å². The summed E-state index contributed by atoms with van der Waals surface area (Å²) in [5.41, 5.74) is 9.75. The number of nitrogens with one attached hydrogen (secondary N) is 1. The molecule has 20 heavy (non-hydrogen) atoms. The fraction of sp³-hybridized carbons (Fsp3) is 0.400. The van der Waals surface area contributed by atoms with Gasteiger partial charge in [0.15, 0.2) is 5.82 Å². The molecule has 0 saturated heterocycles. The summed E-state index contributed by atoms with van der Waals surface area (Å²) in [5, 5.41) is 7.86. The van der Waals surface area contributed by atoms with Gasteiger partial charge in [0.1, 0.15) is 5.75 Å². The van der Waals surface area contributed by atoms with Crippen molar-refractivity contribution in [1.29, 1.82) is 0 Å². The summed E-state index contributed by atoms with van der Waals surface area (Å²) in [6.07, 6.45) is 0. The van der Waals surface area contributed by atoms with Crippen molar-refractivity contribution in [2.45, 2.75) is 33.7 Å². The lowest BCUT2D eigenvalue weighted by molar-refractivity contribution is 0.414. The molecule has 0 unspecified atom stereocenters. The average Bonchev–Trinajstić information content (AvgIpc) is 2.69. The first-order valence-corrected chi connectivity index (χ1v) is 6.70. The molecule has 0 aliphatic rings. The largest absolute Gasteiger partial charge is 0.497 e. The van der Waals surface area contributed by atoms with Crippen LogP contribution >= 0.6 is 0 Å². The van der Waals surface area contributed by atoms with Crippen LogP contribution in [-0.2, 0) is 0 Å². The van der Waals surface area contributed by atoms with E-state index in [1.165, 1.54) is 0 Å². The first-order chi connectivity index (χ1) is 9.43. The lowest BCUT2D eigenvalue weighted by Gasteiger charge is -2.15. The Hall–Kier alpha value is -2.17. The predicted molar refractivity (Wildman–Crippen MR) is 82.8 cm³/mol. The van der Waals surface area contributed by atoms with Crippen LogP contribution in [0, 0.1) is 13.8 Å². The monoisotopic (exact) mass is 274 g/mol. The minimum Gasteiger partial charge on any atom is -0.497 e. The smallest absolute Gasteiger partial charge is 0.152 e. The van der Waals surface area contributed by atoms with E-state index in [1.54, 1.807) is 7.11 Å². The highest BCUT2D eigenvalue weighted by molar-refractivity contribution is 5.73. The summed E-state index contributed by atoms with van der Waals surface area (Å²) in [6, 6.07) is 6.14.